The van der Waals surface area contributed by atoms with Gasteiger partial charge in [0.15, 0.2) is 11.5 Å². The highest BCUT2D eigenvalue weighted by molar-refractivity contribution is 14.1. The van der Waals surface area contributed by atoms with Crippen LogP contribution in [0.1, 0.15) is 18.1 Å². The Hall–Kier alpha value is -1.27. The van der Waals surface area contributed by atoms with E-state index in [1.54, 1.807) is 18.2 Å². The maximum absolute atomic E-state index is 12.7. The van der Waals surface area contributed by atoms with Crippen LogP contribution < -0.4 is 4.74 Å². The molecular formula is C19H15I2NO4S. The summed E-state index contributed by atoms with van der Waals surface area (Å²) in [6, 6.07) is 11.1. The molecular weight excluding hydrogens is 592 g/mol. The average Bonchev–Trinajstić information content (AvgIpc) is 2.88. The number of hydrogen-bond donors (Lipinski definition) is 1. The van der Waals surface area contributed by atoms with E-state index < -0.39 is 0 Å². The standard InChI is InChI=1S/C19H15I2NO4S/c1-2-26-15-8-12(7-14(21)17(15)23)9-16-18(24)22(19(25)27-16)10-11-3-5-13(20)6-4-11/h3-9,23H,2,10H2,1H3/b16-9+. The second kappa shape index (κ2) is 8.82. The second-order valence-electron chi connectivity index (χ2n) is 5.68. The minimum Gasteiger partial charge on any atom is -0.504 e. The largest absolute Gasteiger partial charge is 0.504 e. The molecule has 0 bridgehead atoms. The molecule has 5 nitrogen and oxygen atoms in total. The molecule has 1 N–H and O–H groups in total. The van der Waals surface area contributed by atoms with Gasteiger partial charge in [-0.2, -0.15) is 0 Å². The highest BCUT2D eigenvalue weighted by atomic mass is 127. The molecule has 3 rings (SSSR count). The molecule has 0 aliphatic carbocycles. The maximum Gasteiger partial charge on any atom is 0.293 e. The zero-order valence-electron chi connectivity index (χ0n) is 14.2. The van der Waals surface area contributed by atoms with E-state index in [0.29, 0.717) is 26.4 Å². The van der Waals surface area contributed by atoms with Crippen molar-refractivity contribution in [3.8, 4) is 11.5 Å². The molecule has 27 heavy (non-hydrogen) atoms. The molecule has 0 atom stereocenters. The normalized spacial score (nSPS) is 15.7. The van der Waals surface area contributed by atoms with Crippen LogP contribution in [0.3, 0.4) is 0 Å². The van der Waals surface area contributed by atoms with Gasteiger partial charge >= 0.3 is 0 Å². The Labute approximate surface area is 188 Å². The summed E-state index contributed by atoms with van der Waals surface area (Å²) in [7, 11) is 0. The van der Waals surface area contributed by atoms with Crippen LogP contribution in [0.25, 0.3) is 6.08 Å². The molecule has 2 amide bonds. The van der Waals surface area contributed by atoms with Crippen molar-refractivity contribution in [1.29, 1.82) is 0 Å². The molecule has 140 valence electrons. The summed E-state index contributed by atoms with van der Waals surface area (Å²) in [6.45, 7) is 2.49. The van der Waals surface area contributed by atoms with Crippen LogP contribution in [0, 0.1) is 7.14 Å². The third-order valence-electron chi connectivity index (χ3n) is 3.78. The van der Waals surface area contributed by atoms with Crippen molar-refractivity contribution in [2.24, 2.45) is 0 Å². The number of thioether (sulfide) groups is 1. The Bertz CT molecular complexity index is 928. The summed E-state index contributed by atoms with van der Waals surface area (Å²) in [5, 5.41) is 9.76. The van der Waals surface area contributed by atoms with Crippen LogP contribution in [0.2, 0.25) is 0 Å². The molecule has 0 unspecified atom stereocenters. The number of nitrogens with zero attached hydrogens (tertiary/aromatic N) is 1. The van der Waals surface area contributed by atoms with Gasteiger partial charge in [0.1, 0.15) is 0 Å². The zero-order valence-corrected chi connectivity index (χ0v) is 19.4. The molecule has 1 fully saturated rings. The van der Waals surface area contributed by atoms with Crippen molar-refractivity contribution in [2.45, 2.75) is 13.5 Å². The molecule has 1 aliphatic rings. The number of halogens is 2. The molecule has 2 aromatic rings. The fourth-order valence-corrected chi connectivity index (χ4v) is 4.33. The van der Waals surface area contributed by atoms with Gasteiger partial charge in [-0.1, -0.05) is 12.1 Å². The predicted octanol–water partition coefficient (Wildman–Crippen LogP) is 5.24. The maximum atomic E-state index is 12.7. The Balaban J connectivity index is 1.85. The quantitative estimate of drug-likeness (QED) is 0.373. The van der Waals surface area contributed by atoms with Crippen LogP contribution in [-0.4, -0.2) is 27.8 Å². The van der Waals surface area contributed by atoms with Gasteiger partial charge in [0.05, 0.1) is 21.6 Å². The van der Waals surface area contributed by atoms with Gasteiger partial charge in [-0.3, -0.25) is 14.5 Å². The first-order chi connectivity index (χ1) is 12.9. The number of imide groups is 1. The molecule has 1 heterocycles. The van der Waals surface area contributed by atoms with E-state index in [0.717, 1.165) is 20.9 Å². The van der Waals surface area contributed by atoms with Crippen molar-refractivity contribution in [2.75, 3.05) is 6.61 Å². The molecule has 0 radical (unpaired) electrons. The van der Waals surface area contributed by atoms with Crippen molar-refractivity contribution in [1.82, 2.24) is 4.90 Å². The van der Waals surface area contributed by atoms with Gasteiger partial charge in [-0.25, -0.2) is 0 Å². The summed E-state index contributed by atoms with van der Waals surface area (Å²) in [4.78, 5) is 26.6. The Morgan fingerprint density at radius 2 is 1.89 bits per heavy atom. The van der Waals surface area contributed by atoms with Crippen LogP contribution in [-0.2, 0) is 11.3 Å². The Morgan fingerprint density at radius 1 is 1.19 bits per heavy atom. The van der Waals surface area contributed by atoms with Crippen LogP contribution in [0.5, 0.6) is 11.5 Å². The first-order valence-electron chi connectivity index (χ1n) is 8.04. The first kappa shape index (κ1) is 20.5. The number of carbonyl (C=O) groups is 2. The fourth-order valence-electron chi connectivity index (χ4n) is 2.50. The van der Waals surface area contributed by atoms with E-state index in [9.17, 15) is 14.7 Å². The third-order valence-corrected chi connectivity index (χ3v) is 6.22. The Morgan fingerprint density at radius 3 is 2.56 bits per heavy atom. The highest BCUT2D eigenvalue weighted by Crippen LogP contribution is 2.37. The molecule has 0 spiro atoms. The van der Waals surface area contributed by atoms with E-state index in [2.05, 4.69) is 22.6 Å². The van der Waals surface area contributed by atoms with Gasteiger partial charge in [-0.05, 0) is 105 Å². The van der Waals surface area contributed by atoms with Gasteiger partial charge < -0.3 is 9.84 Å². The minimum absolute atomic E-state index is 0.0708. The van der Waals surface area contributed by atoms with Crippen LogP contribution >= 0.6 is 56.9 Å². The number of phenols is 1. The summed E-state index contributed by atoms with van der Waals surface area (Å²) >= 11 is 5.13. The van der Waals surface area contributed by atoms with Crippen molar-refractivity contribution < 1.29 is 19.4 Å². The summed E-state index contributed by atoms with van der Waals surface area (Å²) in [5.74, 6) is 0.111. The van der Waals surface area contributed by atoms with Crippen molar-refractivity contribution in [3.63, 3.8) is 0 Å². The summed E-state index contributed by atoms with van der Waals surface area (Å²) in [5.41, 5.74) is 1.59. The average molecular weight is 607 g/mol. The lowest BCUT2D eigenvalue weighted by Crippen LogP contribution is -2.27. The first-order valence-corrected chi connectivity index (χ1v) is 11.0. The minimum atomic E-state index is -0.315. The number of rotatable bonds is 5. The summed E-state index contributed by atoms with van der Waals surface area (Å²) in [6.07, 6.45) is 1.66. The molecule has 8 heteroatoms. The molecule has 0 saturated carbocycles. The van der Waals surface area contributed by atoms with Crippen LogP contribution in [0.15, 0.2) is 41.3 Å². The van der Waals surface area contributed by atoms with E-state index >= 15 is 0 Å². The molecule has 1 aliphatic heterocycles. The number of carbonyl (C=O) groups excluding carboxylic acids is 2. The van der Waals surface area contributed by atoms with Gasteiger partial charge in [0, 0.05) is 3.57 Å². The third kappa shape index (κ3) is 4.77. The lowest BCUT2D eigenvalue weighted by molar-refractivity contribution is -0.123. The number of ether oxygens (including phenoxy) is 1. The smallest absolute Gasteiger partial charge is 0.293 e. The van der Waals surface area contributed by atoms with E-state index in [1.165, 1.54) is 4.90 Å². The van der Waals surface area contributed by atoms with E-state index in [-0.39, 0.29) is 23.4 Å². The fraction of sp³-hybridized carbons (Fsp3) is 0.158. The lowest BCUT2D eigenvalue weighted by Gasteiger charge is -2.12. The highest BCUT2D eigenvalue weighted by Gasteiger charge is 2.35. The molecule has 0 aromatic heterocycles. The predicted molar refractivity (Wildman–Crippen MR) is 123 cm³/mol. The lowest BCUT2D eigenvalue weighted by atomic mass is 10.1. The number of benzene rings is 2. The number of phenolic OH excluding ortho intramolecular Hbond substituents is 1. The molecule has 1 saturated heterocycles. The van der Waals surface area contributed by atoms with E-state index in [4.69, 9.17) is 4.74 Å². The van der Waals surface area contributed by atoms with Gasteiger partial charge in [-0.15, -0.1) is 0 Å². The van der Waals surface area contributed by atoms with Crippen molar-refractivity contribution in [3.05, 3.63) is 59.6 Å². The molecule has 2 aromatic carbocycles. The van der Waals surface area contributed by atoms with Gasteiger partial charge in [0.2, 0.25) is 0 Å². The van der Waals surface area contributed by atoms with Crippen LogP contribution in [0.4, 0.5) is 4.79 Å². The number of aromatic hydroxyl groups is 1. The zero-order chi connectivity index (χ0) is 19.6. The van der Waals surface area contributed by atoms with Crippen molar-refractivity contribution >= 4 is 74.2 Å². The van der Waals surface area contributed by atoms with E-state index in [1.807, 2.05) is 53.8 Å². The SMILES string of the molecule is CCOc1cc(/C=C2/SC(=O)N(Cc3ccc(I)cc3)C2=O)cc(I)c1O. The summed E-state index contributed by atoms with van der Waals surface area (Å²) < 4.78 is 7.14. The number of hydrogen-bond acceptors (Lipinski definition) is 5. The topological polar surface area (TPSA) is 66.8 Å². The monoisotopic (exact) mass is 607 g/mol. The second-order valence-corrected chi connectivity index (χ2v) is 9.08. The Kier molecular flexibility index (Phi) is 6.69. The van der Waals surface area contributed by atoms with Gasteiger partial charge in [0.25, 0.3) is 11.1 Å². The number of amides is 2.